The van der Waals surface area contributed by atoms with Gasteiger partial charge in [0.1, 0.15) is 0 Å². The van der Waals surface area contributed by atoms with E-state index in [9.17, 15) is 0 Å². The van der Waals surface area contributed by atoms with E-state index in [1.54, 1.807) is 0 Å². The van der Waals surface area contributed by atoms with Gasteiger partial charge in [-0.3, -0.25) is 0 Å². The molecule has 13 rings (SSSR count). The second-order valence-corrected chi connectivity index (χ2v) is 17.9. The largest absolute Gasteiger partial charge is 0.310 e. The van der Waals surface area contributed by atoms with Gasteiger partial charge in [0.2, 0.25) is 0 Å². The molecule has 0 bridgehead atoms. The predicted molar refractivity (Wildman–Crippen MR) is 270 cm³/mol. The van der Waals surface area contributed by atoms with E-state index >= 15 is 0 Å². The maximum absolute atomic E-state index is 2.50. The number of rotatable bonds is 6. The molecule has 0 atom stereocenters. The quantitative estimate of drug-likeness (QED) is 0.165. The summed E-state index contributed by atoms with van der Waals surface area (Å²) < 4.78 is 2.57. The minimum atomic E-state index is -0.505. The third kappa shape index (κ3) is 5.51. The fraction of sp³-hybridized carbons (Fsp3) is 0.0164. The van der Waals surface area contributed by atoms with Gasteiger partial charge in [-0.2, -0.15) is 0 Å². The van der Waals surface area contributed by atoms with Crippen molar-refractivity contribution in [1.29, 1.82) is 0 Å². The van der Waals surface area contributed by atoms with Gasteiger partial charge in [-0.05, 0) is 141 Å². The van der Waals surface area contributed by atoms with E-state index in [0.29, 0.717) is 0 Å². The van der Waals surface area contributed by atoms with Gasteiger partial charge in [-0.25, -0.2) is 0 Å². The van der Waals surface area contributed by atoms with Crippen LogP contribution in [0.25, 0.3) is 53.6 Å². The van der Waals surface area contributed by atoms with E-state index in [0.717, 1.165) is 22.7 Å². The lowest BCUT2D eigenvalue weighted by Crippen LogP contribution is -2.36. The Morgan fingerprint density at radius 2 is 0.812 bits per heavy atom. The smallest absolute Gasteiger partial charge is 0.0754 e. The third-order valence-electron chi connectivity index (χ3n) is 13.4. The van der Waals surface area contributed by atoms with E-state index < -0.39 is 5.41 Å². The number of fused-ring (bicyclic) bond motifs is 12. The minimum absolute atomic E-state index is 0.505. The van der Waals surface area contributed by atoms with Crippen molar-refractivity contribution < 1.29 is 0 Å². The average Bonchev–Trinajstić information content (AvgIpc) is 3.88. The molecule has 0 saturated carbocycles. The Morgan fingerprint density at radius 3 is 1.53 bits per heavy atom. The van der Waals surface area contributed by atoms with Crippen LogP contribution in [0.4, 0.5) is 34.1 Å². The first kappa shape index (κ1) is 36.7. The fourth-order valence-corrected chi connectivity index (χ4v) is 11.7. The van der Waals surface area contributed by atoms with E-state index in [1.807, 2.05) is 11.3 Å². The molecule has 3 heteroatoms. The fourth-order valence-electron chi connectivity index (χ4n) is 10.7. The molecule has 0 fully saturated rings. The lowest BCUT2D eigenvalue weighted by Gasteiger charge is -2.45. The highest BCUT2D eigenvalue weighted by Crippen LogP contribution is 2.63. The predicted octanol–water partition coefficient (Wildman–Crippen LogP) is 17.0. The molecule has 0 radical (unpaired) electrons. The highest BCUT2D eigenvalue weighted by Gasteiger charge is 2.51. The Kier molecular flexibility index (Phi) is 8.34. The van der Waals surface area contributed by atoms with Crippen molar-refractivity contribution in [1.82, 2.24) is 0 Å². The summed E-state index contributed by atoms with van der Waals surface area (Å²) in [6.45, 7) is 0. The molecule has 1 aromatic heterocycles. The maximum atomic E-state index is 2.50. The van der Waals surface area contributed by atoms with Crippen molar-refractivity contribution in [3.05, 3.63) is 265 Å². The van der Waals surface area contributed by atoms with Crippen molar-refractivity contribution in [2.75, 3.05) is 9.80 Å². The normalized spacial score (nSPS) is 13.1. The zero-order valence-corrected chi connectivity index (χ0v) is 35.7. The van der Waals surface area contributed by atoms with Gasteiger partial charge < -0.3 is 9.80 Å². The zero-order valence-electron chi connectivity index (χ0n) is 34.9. The van der Waals surface area contributed by atoms with Crippen LogP contribution < -0.4 is 9.80 Å². The van der Waals surface area contributed by atoms with Crippen LogP contribution >= 0.6 is 11.3 Å². The number of thiophene rings is 1. The summed E-state index contributed by atoms with van der Waals surface area (Å²) in [5, 5.41) is 2.54. The van der Waals surface area contributed by atoms with Crippen LogP contribution in [0, 0.1) is 0 Å². The summed E-state index contributed by atoms with van der Waals surface area (Å²) in [5.41, 5.74) is 19.1. The Morgan fingerprint density at radius 1 is 0.328 bits per heavy atom. The molecule has 1 aliphatic heterocycles. The van der Waals surface area contributed by atoms with Gasteiger partial charge in [0.25, 0.3) is 0 Å². The van der Waals surface area contributed by atoms with E-state index in [1.165, 1.54) is 87.2 Å². The third-order valence-corrected chi connectivity index (χ3v) is 14.6. The Bertz CT molecular complexity index is 3510. The van der Waals surface area contributed by atoms with Gasteiger partial charge in [-0.15, -0.1) is 11.3 Å². The summed E-state index contributed by atoms with van der Waals surface area (Å²) in [6, 6.07) is 89.5. The van der Waals surface area contributed by atoms with Gasteiger partial charge >= 0.3 is 0 Å². The van der Waals surface area contributed by atoms with Crippen LogP contribution in [-0.2, 0) is 5.41 Å². The number of hydrogen-bond donors (Lipinski definition) is 0. The summed E-state index contributed by atoms with van der Waals surface area (Å²) >= 11 is 1.87. The maximum Gasteiger partial charge on any atom is 0.0754 e. The second kappa shape index (κ2) is 14.6. The monoisotopic (exact) mass is 832 g/mol. The molecule has 0 amide bonds. The topological polar surface area (TPSA) is 6.48 Å². The Balaban J connectivity index is 0.966. The highest BCUT2D eigenvalue weighted by molar-refractivity contribution is 7.25. The van der Waals surface area contributed by atoms with Gasteiger partial charge in [0.05, 0.1) is 16.8 Å². The standard InChI is InChI=1S/C61H40N2S/c1-4-16-41(17-5-1)42-28-32-47(33-29-42)62(45-18-6-2-7-19-45)48-34-37-60-52(40-48)51-38-43(31-36-59(51)64-60)44-30-35-50-49-22-10-11-23-53(49)61(56(50)39-44)54-24-12-14-26-57(54)63(46-20-8-3-9-21-46)58-27-15-13-25-55(58)61/h1-40H. The number of nitrogens with zero attached hydrogens (tertiary/aromatic N) is 2. The van der Waals surface area contributed by atoms with Crippen LogP contribution in [-0.4, -0.2) is 0 Å². The van der Waals surface area contributed by atoms with Crippen LogP contribution in [0.3, 0.4) is 0 Å². The number of benzene rings is 10. The number of para-hydroxylation sites is 4. The van der Waals surface area contributed by atoms with E-state index in [2.05, 4.69) is 252 Å². The molecule has 0 saturated heterocycles. The van der Waals surface area contributed by atoms with Crippen LogP contribution in [0.2, 0.25) is 0 Å². The lowest BCUT2D eigenvalue weighted by atomic mass is 9.64. The summed E-state index contributed by atoms with van der Waals surface area (Å²) in [7, 11) is 0. The molecule has 11 aromatic rings. The van der Waals surface area contributed by atoms with E-state index in [-0.39, 0.29) is 0 Å². The van der Waals surface area contributed by atoms with Crippen molar-refractivity contribution in [3.8, 4) is 33.4 Å². The zero-order chi connectivity index (χ0) is 42.2. The van der Waals surface area contributed by atoms with Gasteiger partial charge in [-0.1, -0.05) is 158 Å². The molecule has 0 N–H and O–H groups in total. The molecule has 0 unspecified atom stereocenters. The van der Waals surface area contributed by atoms with Crippen molar-refractivity contribution in [3.63, 3.8) is 0 Å². The highest BCUT2D eigenvalue weighted by atomic mass is 32.1. The van der Waals surface area contributed by atoms with Gasteiger partial charge in [0.15, 0.2) is 0 Å². The molecule has 2 aliphatic rings. The van der Waals surface area contributed by atoms with Gasteiger partial charge in [0, 0.05) is 42.9 Å². The summed E-state index contributed by atoms with van der Waals surface area (Å²) in [6.07, 6.45) is 0. The van der Waals surface area contributed by atoms with Crippen LogP contribution in [0.1, 0.15) is 22.3 Å². The summed E-state index contributed by atoms with van der Waals surface area (Å²) in [4.78, 5) is 4.82. The lowest BCUT2D eigenvalue weighted by molar-refractivity contribution is 0.753. The molecule has 1 spiro atoms. The Labute approximate surface area is 377 Å². The molecule has 2 nitrogen and oxygen atoms in total. The molecule has 10 aromatic carbocycles. The number of anilines is 6. The molecule has 64 heavy (non-hydrogen) atoms. The first-order valence-electron chi connectivity index (χ1n) is 22.0. The average molecular weight is 833 g/mol. The second-order valence-electron chi connectivity index (χ2n) is 16.8. The summed E-state index contributed by atoms with van der Waals surface area (Å²) in [5.74, 6) is 0. The first-order valence-corrected chi connectivity index (χ1v) is 22.8. The van der Waals surface area contributed by atoms with Crippen molar-refractivity contribution in [2.45, 2.75) is 5.41 Å². The number of hydrogen-bond acceptors (Lipinski definition) is 3. The molecule has 300 valence electrons. The van der Waals surface area contributed by atoms with Crippen LogP contribution in [0.15, 0.2) is 243 Å². The first-order chi connectivity index (χ1) is 31.7. The van der Waals surface area contributed by atoms with Crippen molar-refractivity contribution in [2.24, 2.45) is 0 Å². The molecular formula is C61H40N2S. The molecule has 1 aliphatic carbocycles. The SMILES string of the molecule is c1ccc(-c2ccc(N(c3ccccc3)c3ccc4sc5ccc(-c6ccc7c(c6)C6(c8ccccc8-7)c7ccccc7N(c7ccccc7)c7ccccc76)cc5c4c3)cc2)cc1. The molecular weight excluding hydrogens is 793 g/mol. The minimum Gasteiger partial charge on any atom is -0.310 e. The molecule has 2 heterocycles. The Hall–Kier alpha value is -7.98. The van der Waals surface area contributed by atoms with Crippen LogP contribution in [0.5, 0.6) is 0 Å². The van der Waals surface area contributed by atoms with E-state index in [4.69, 9.17) is 0 Å². The van der Waals surface area contributed by atoms with Crippen molar-refractivity contribution >= 4 is 65.6 Å².